The molecule has 0 bridgehead atoms. The van der Waals surface area contributed by atoms with Gasteiger partial charge < -0.3 is 19.5 Å². The smallest absolute Gasteiger partial charge is 0.293 e. The van der Waals surface area contributed by atoms with Crippen LogP contribution in [0.5, 0.6) is 5.75 Å². The zero-order valence-corrected chi connectivity index (χ0v) is 19.8. The SMILES string of the molecule is [2H]C([2H])([2H])NC(=O)C([2H])([2H])Oc1cc2cc(Cc3nc(N4C[C@@H](C)C([2H])([2H])[C@@H](C)C4)ncc3Cl)ccc2n(C)c1=O. The molecule has 1 fully saturated rings. The molecule has 3 aromatic rings. The first-order chi connectivity index (χ1) is 18.9. The number of carbonyl (C=O) groups is 1. The molecule has 8 nitrogen and oxygen atoms in total. The largest absolute Gasteiger partial charge is 0.478 e. The summed E-state index contributed by atoms with van der Waals surface area (Å²) in [5.74, 6) is -2.00. The number of nitrogens with one attached hydrogen (secondary N) is 1. The lowest BCUT2D eigenvalue weighted by molar-refractivity contribution is -0.122. The van der Waals surface area contributed by atoms with Gasteiger partial charge in [-0.15, -0.1) is 0 Å². The van der Waals surface area contributed by atoms with Crippen molar-refractivity contribution < 1.29 is 19.1 Å². The number of piperidine rings is 1. The Morgan fingerprint density at radius 1 is 1.35 bits per heavy atom. The first kappa shape index (κ1) is 16.5. The first-order valence-electron chi connectivity index (χ1n) is 14.3. The van der Waals surface area contributed by atoms with E-state index in [9.17, 15) is 9.59 Å². The number of carbonyl (C=O) groups excluding carboxylic acids is 1. The maximum absolute atomic E-state index is 12.8. The zero-order valence-electron chi connectivity index (χ0n) is 26.1. The number of ether oxygens (including phenoxy) is 1. The monoisotopic (exact) mass is 490 g/mol. The zero-order chi connectivity index (χ0) is 30.5. The Kier molecular flexibility index (Phi) is 4.85. The highest BCUT2D eigenvalue weighted by atomic mass is 35.5. The number of nitrogens with zero attached hydrogens (tertiary/aromatic N) is 4. The molecule has 0 aliphatic carbocycles. The van der Waals surface area contributed by atoms with Gasteiger partial charge in [0, 0.05) is 45.8 Å². The van der Waals surface area contributed by atoms with Crippen molar-refractivity contribution in [2.24, 2.45) is 18.9 Å². The molecule has 2 aromatic heterocycles. The minimum absolute atomic E-state index is 0.219. The molecule has 2 atom stereocenters. The molecule has 0 unspecified atom stereocenters. The van der Waals surface area contributed by atoms with Gasteiger partial charge in [0.1, 0.15) is 0 Å². The molecule has 180 valence electrons. The highest BCUT2D eigenvalue weighted by molar-refractivity contribution is 6.31. The first-order valence-corrected chi connectivity index (χ1v) is 11.2. The molecule has 9 heteroatoms. The topological polar surface area (TPSA) is 89.3 Å². The van der Waals surface area contributed by atoms with Crippen LogP contribution in [0.15, 0.2) is 35.3 Å². The van der Waals surface area contributed by atoms with E-state index >= 15 is 0 Å². The summed E-state index contributed by atoms with van der Waals surface area (Å²) in [5.41, 5.74) is 1.10. The van der Waals surface area contributed by atoms with Gasteiger partial charge in [0.25, 0.3) is 11.5 Å². The number of pyridine rings is 1. The maximum Gasteiger partial charge on any atom is 0.293 e. The Balaban J connectivity index is 1.62. The fraction of sp³-hybridized carbons (Fsp3) is 0.440. The summed E-state index contributed by atoms with van der Waals surface area (Å²) in [4.78, 5) is 35.9. The molecule has 1 saturated heterocycles. The molecule has 0 radical (unpaired) electrons. The number of hydrogen-bond acceptors (Lipinski definition) is 6. The average Bonchev–Trinajstić information content (AvgIpc) is 2.86. The van der Waals surface area contributed by atoms with Crippen LogP contribution in [-0.2, 0) is 18.3 Å². The molecule has 1 N–H and O–H groups in total. The third-order valence-electron chi connectivity index (χ3n) is 5.64. The van der Waals surface area contributed by atoms with Gasteiger partial charge in [0.15, 0.2) is 12.3 Å². The number of hydrogen-bond donors (Lipinski definition) is 1. The van der Waals surface area contributed by atoms with Gasteiger partial charge in [-0.25, -0.2) is 9.97 Å². The van der Waals surface area contributed by atoms with Gasteiger partial charge in [0.05, 0.1) is 25.2 Å². The summed E-state index contributed by atoms with van der Waals surface area (Å²) in [6.45, 7) is -1.40. The molecule has 1 aromatic carbocycles. The molecule has 3 heterocycles. The molecule has 0 saturated carbocycles. The number of aryl methyl sites for hydroxylation is 1. The summed E-state index contributed by atoms with van der Waals surface area (Å²) in [5, 5.41) is 2.38. The Bertz CT molecular complexity index is 1530. The highest BCUT2D eigenvalue weighted by Gasteiger charge is 2.24. The summed E-state index contributed by atoms with van der Waals surface area (Å²) in [6, 6.07) is 6.54. The Morgan fingerprint density at radius 3 is 2.85 bits per heavy atom. The highest BCUT2D eigenvalue weighted by Crippen LogP contribution is 2.27. The summed E-state index contributed by atoms with van der Waals surface area (Å²) < 4.78 is 60.0. The van der Waals surface area contributed by atoms with Gasteiger partial charge in [0.2, 0.25) is 5.95 Å². The molecule has 1 amide bonds. The Hall–Kier alpha value is -3.13. The summed E-state index contributed by atoms with van der Waals surface area (Å²) in [6.07, 6.45) is 0.518. The minimum Gasteiger partial charge on any atom is -0.478 e. The van der Waals surface area contributed by atoms with E-state index in [4.69, 9.17) is 25.9 Å². The molecule has 34 heavy (non-hydrogen) atoms. The second-order valence-corrected chi connectivity index (χ2v) is 8.85. The normalized spacial score (nSPS) is 23.5. The van der Waals surface area contributed by atoms with Gasteiger partial charge in [-0.1, -0.05) is 31.5 Å². The summed E-state index contributed by atoms with van der Waals surface area (Å²) >= 11 is 6.44. The predicted octanol–water partition coefficient (Wildman–Crippen LogP) is 3.18. The lowest BCUT2D eigenvalue weighted by Gasteiger charge is -2.35. The molecule has 0 spiro atoms. The third kappa shape index (κ3) is 5.17. The lowest BCUT2D eigenvalue weighted by atomic mass is 9.92. The van der Waals surface area contributed by atoms with E-state index in [1.807, 2.05) is 18.7 Å². The van der Waals surface area contributed by atoms with Crippen molar-refractivity contribution in [1.82, 2.24) is 19.9 Å². The Morgan fingerprint density at radius 2 is 2.12 bits per heavy atom. The number of amides is 1. The van der Waals surface area contributed by atoms with Crippen molar-refractivity contribution in [2.45, 2.75) is 26.6 Å². The van der Waals surface area contributed by atoms with Crippen LogP contribution in [0, 0.1) is 11.8 Å². The number of fused-ring (bicyclic) bond motifs is 1. The van der Waals surface area contributed by atoms with E-state index < -0.39 is 37.1 Å². The Labute approximate surface area is 213 Å². The van der Waals surface area contributed by atoms with Crippen LogP contribution in [0.3, 0.4) is 0 Å². The van der Waals surface area contributed by atoms with E-state index in [0.717, 1.165) is 5.56 Å². The van der Waals surface area contributed by atoms with Gasteiger partial charge >= 0.3 is 0 Å². The van der Waals surface area contributed by atoms with Crippen molar-refractivity contribution in [3.63, 3.8) is 0 Å². The van der Waals surface area contributed by atoms with Crippen LogP contribution in [-0.4, -0.2) is 47.1 Å². The van der Waals surface area contributed by atoms with Crippen molar-refractivity contribution in [1.29, 1.82) is 0 Å². The average molecular weight is 491 g/mol. The second-order valence-electron chi connectivity index (χ2n) is 8.44. The predicted molar refractivity (Wildman–Crippen MR) is 134 cm³/mol. The van der Waals surface area contributed by atoms with Crippen molar-refractivity contribution in [3.8, 4) is 5.75 Å². The standard InChI is InChI=1S/C25H30ClN5O3/c1-15-7-16(2)13-31(12-15)25-28-11-19(26)20(29-25)9-17-5-6-21-18(8-17)10-22(24(33)30(21)4)34-14-23(32)27-3/h5-6,8,10-11,15-16H,7,9,12-14H2,1-4H3,(H,27,32)/t15-,16+/i3D3,7D2,14D2. The summed E-state index contributed by atoms with van der Waals surface area (Å²) in [7, 11) is 1.46. The van der Waals surface area contributed by atoms with Crippen LogP contribution in [0.4, 0.5) is 5.95 Å². The lowest BCUT2D eigenvalue weighted by Crippen LogP contribution is -2.39. The number of likely N-dealkylation sites (N-methyl/N-ethyl adjacent to an activating group) is 1. The minimum atomic E-state index is -3.13. The number of anilines is 1. The van der Waals surface area contributed by atoms with Crippen LogP contribution in [0.2, 0.25) is 5.02 Å². The van der Waals surface area contributed by atoms with E-state index in [1.165, 1.54) is 29.2 Å². The fourth-order valence-electron chi connectivity index (χ4n) is 4.16. The van der Waals surface area contributed by atoms with Crippen molar-refractivity contribution in [3.05, 3.63) is 57.1 Å². The number of aromatic nitrogens is 3. The van der Waals surface area contributed by atoms with E-state index in [-0.39, 0.29) is 11.8 Å². The fourth-order valence-corrected chi connectivity index (χ4v) is 4.32. The van der Waals surface area contributed by atoms with Gasteiger partial charge in [-0.05, 0) is 42.0 Å². The van der Waals surface area contributed by atoms with Crippen LogP contribution < -0.4 is 20.5 Å². The van der Waals surface area contributed by atoms with Crippen LogP contribution in [0.1, 0.15) is 41.1 Å². The molecule has 4 rings (SSSR count). The molecule has 1 aliphatic heterocycles. The molecular weight excluding hydrogens is 454 g/mol. The molecular formula is C25H30ClN5O3. The van der Waals surface area contributed by atoms with Crippen LogP contribution >= 0.6 is 11.6 Å². The van der Waals surface area contributed by atoms with E-state index in [2.05, 4.69) is 9.97 Å². The maximum atomic E-state index is 12.8. The second kappa shape index (κ2) is 10.0. The number of benzene rings is 1. The number of rotatable bonds is 6. The number of halogens is 1. The molecule has 1 aliphatic rings. The van der Waals surface area contributed by atoms with Crippen molar-refractivity contribution in [2.75, 3.05) is 31.5 Å². The van der Waals surface area contributed by atoms with E-state index in [1.54, 1.807) is 18.2 Å². The van der Waals surface area contributed by atoms with Gasteiger partial charge in [-0.3, -0.25) is 9.59 Å². The quantitative estimate of drug-likeness (QED) is 0.570. The van der Waals surface area contributed by atoms with E-state index in [0.29, 0.717) is 47.1 Å². The van der Waals surface area contributed by atoms with Crippen LogP contribution in [0.25, 0.3) is 10.9 Å². The third-order valence-corrected chi connectivity index (χ3v) is 5.95. The van der Waals surface area contributed by atoms with Crippen molar-refractivity contribution >= 4 is 34.4 Å². The van der Waals surface area contributed by atoms with Gasteiger partial charge in [-0.2, -0.15) is 0 Å².